The van der Waals surface area contributed by atoms with Crippen molar-refractivity contribution in [2.45, 2.75) is 13.3 Å². The maximum Gasteiger partial charge on any atom is 0.293 e. The van der Waals surface area contributed by atoms with Crippen molar-refractivity contribution in [3.05, 3.63) is 100 Å². The van der Waals surface area contributed by atoms with Crippen LogP contribution in [0.2, 0.25) is 0 Å². The van der Waals surface area contributed by atoms with Crippen LogP contribution in [0, 0.1) is 6.92 Å². The highest BCUT2D eigenvalue weighted by Gasteiger charge is 2.34. The standard InChI is InChI=1S/C27H24N2O4S/c1-19-7-5-6-10-23(19)28-25(30)18-33-22-13-11-21(12-14-22)17-24-26(31)29(27(32)34-24)16-15-20-8-3-2-4-9-20/h2-14,17H,15-16,18H2,1H3,(H,28,30)/b24-17-. The molecular formula is C27H24N2O4S. The number of amides is 3. The zero-order valence-corrected chi connectivity index (χ0v) is 19.5. The monoisotopic (exact) mass is 472 g/mol. The fourth-order valence-electron chi connectivity index (χ4n) is 3.44. The number of nitrogens with one attached hydrogen (secondary N) is 1. The smallest absolute Gasteiger partial charge is 0.293 e. The van der Waals surface area contributed by atoms with E-state index < -0.39 is 0 Å². The van der Waals surface area contributed by atoms with Gasteiger partial charge in [0.1, 0.15) is 5.75 Å². The van der Waals surface area contributed by atoms with E-state index in [0.717, 1.165) is 34.1 Å². The molecule has 0 spiro atoms. The van der Waals surface area contributed by atoms with Crippen molar-refractivity contribution >= 4 is 40.6 Å². The normalized spacial score (nSPS) is 14.5. The van der Waals surface area contributed by atoms with Crippen LogP contribution in [0.5, 0.6) is 5.75 Å². The number of carbonyl (C=O) groups excluding carboxylic acids is 3. The summed E-state index contributed by atoms with van der Waals surface area (Å²) in [5, 5.41) is 2.57. The Morgan fingerprint density at radius 3 is 2.41 bits per heavy atom. The number of nitrogens with zero attached hydrogens (tertiary/aromatic N) is 1. The number of benzene rings is 3. The van der Waals surface area contributed by atoms with Crippen molar-refractivity contribution in [3.63, 3.8) is 0 Å². The second-order valence-corrected chi connectivity index (χ2v) is 8.78. The molecule has 0 radical (unpaired) electrons. The van der Waals surface area contributed by atoms with E-state index in [9.17, 15) is 14.4 Å². The van der Waals surface area contributed by atoms with Gasteiger partial charge in [-0.2, -0.15) is 0 Å². The molecule has 0 bridgehead atoms. The van der Waals surface area contributed by atoms with Gasteiger partial charge in [0, 0.05) is 12.2 Å². The van der Waals surface area contributed by atoms with Gasteiger partial charge in [-0.15, -0.1) is 0 Å². The third kappa shape index (κ3) is 5.94. The number of hydrogen-bond donors (Lipinski definition) is 1. The molecule has 0 saturated carbocycles. The summed E-state index contributed by atoms with van der Waals surface area (Å²) < 4.78 is 5.57. The van der Waals surface area contributed by atoms with Gasteiger partial charge < -0.3 is 10.1 Å². The summed E-state index contributed by atoms with van der Waals surface area (Å²) in [5.41, 5.74) is 3.58. The minimum Gasteiger partial charge on any atom is -0.484 e. The summed E-state index contributed by atoms with van der Waals surface area (Å²) >= 11 is 0.947. The van der Waals surface area contributed by atoms with Crippen molar-refractivity contribution in [2.75, 3.05) is 18.5 Å². The maximum atomic E-state index is 12.7. The van der Waals surface area contributed by atoms with Crippen LogP contribution in [0.25, 0.3) is 6.08 Å². The van der Waals surface area contributed by atoms with Gasteiger partial charge in [0.15, 0.2) is 6.61 Å². The fraction of sp³-hybridized carbons (Fsp3) is 0.148. The number of hydrogen-bond acceptors (Lipinski definition) is 5. The van der Waals surface area contributed by atoms with Crippen molar-refractivity contribution in [2.24, 2.45) is 0 Å². The number of ether oxygens (including phenoxy) is 1. The highest BCUT2D eigenvalue weighted by atomic mass is 32.2. The molecule has 4 rings (SSSR count). The lowest BCUT2D eigenvalue weighted by Crippen LogP contribution is -2.30. The van der Waals surface area contributed by atoms with Crippen molar-refractivity contribution in [1.29, 1.82) is 0 Å². The molecule has 6 nitrogen and oxygen atoms in total. The zero-order valence-electron chi connectivity index (χ0n) is 18.7. The van der Waals surface area contributed by atoms with Crippen molar-refractivity contribution < 1.29 is 19.1 Å². The van der Waals surface area contributed by atoms with Gasteiger partial charge in [-0.3, -0.25) is 19.3 Å². The molecule has 1 saturated heterocycles. The number of rotatable bonds is 8. The molecule has 172 valence electrons. The predicted molar refractivity (Wildman–Crippen MR) is 135 cm³/mol. The second kappa shape index (κ2) is 10.9. The minimum absolute atomic E-state index is 0.117. The van der Waals surface area contributed by atoms with Gasteiger partial charge in [0.2, 0.25) is 0 Å². The predicted octanol–water partition coefficient (Wildman–Crippen LogP) is 5.29. The summed E-state index contributed by atoms with van der Waals surface area (Å²) in [4.78, 5) is 38.9. The van der Waals surface area contributed by atoms with Gasteiger partial charge in [0.05, 0.1) is 4.91 Å². The number of imide groups is 1. The number of aryl methyl sites for hydroxylation is 1. The van der Waals surface area contributed by atoms with Gasteiger partial charge in [-0.25, -0.2) is 0 Å². The molecular weight excluding hydrogens is 448 g/mol. The highest BCUT2D eigenvalue weighted by Crippen LogP contribution is 2.32. The van der Waals surface area contributed by atoms with E-state index in [0.29, 0.717) is 23.6 Å². The molecule has 1 N–H and O–H groups in total. The molecule has 0 aromatic heterocycles. The fourth-order valence-corrected chi connectivity index (χ4v) is 4.30. The van der Waals surface area contributed by atoms with Crippen LogP contribution in [0.1, 0.15) is 16.7 Å². The maximum absolute atomic E-state index is 12.7. The first kappa shape index (κ1) is 23.3. The van der Waals surface area contributed by atoms with Crippen LogP contribution in [0.4, 0.5) is 10.5 Å². The van der Waals surface area contributed by atoms with Gasteiger partial charge in [-0.05, 0) is 66.1 Å². The first-order valence-corrected chi connectivity index (χ1v) is 11.7. The van der Waals surface area contributed by atoms with Gasteiger partial charge in [-0.1, -0.05) is 60.7 Å². The number of thioether (sulfide) groups is 1. The minimum atomic E-state index is -0.279. The number of para-hydroxylation sites is 1. The van der Waals surface area contributed by atoms with E-state index in [1.54, 1.807) is 30.3 Å². The quantitative estimate of drug-likeness (QED) is 0.451. The molecule has 7 heteroatoms. The van der Waals surface area contributed by atoms with E-state index >= 15 is 0 Å². The Morgan fingerprint density at radius 1 is 0.971 bits per heavy atom. The van der Waals surface area contributed by atoms with Crippen LogP contribution < -0.4 is 10.1 Å². The lowest BCUT2D eigenvalue weighted by Gasteiger charge is -2.12. The molecule has 0 unspecified atom stereocenters. The van der Waals surface area contributed by atoms with E-state index in [1.165, 1.54) is 4.90 Å². The van der Waals surface area contributed by atoms with Crippen molar-refractivity contribution in [1.82, 2.24) is 4.90 Å². The highest BCUT2D eigenvalue weighted by molar-refractivity contribution is 8.18. The average Bonchev–Trinajstić information content (AvgIpc) is 3.11. The molecule has 1 aliphatic rings. The van der Waals surface area contributed by atoms with E-state index in [-0.39, 0.29) is 23.7 Å². The zero-order chi connectivity index (χ0) is 23.9. The summed E-state index contributed by atoms with van der Waals surface area (Å²) in [6.45, 7) is 2.16. The van der Waals surface area contributed by atoms with E-state index in [4.69, 9.17) is 4.74 Å². The summed E-state index contributed by atoms with van der Waals surface area (Å²) in [5.74, 6) is 0.00902. The second-order valence-electron chi connectivity index (χ2n) is 7.79. The first-order chi connectivity index (χ1) is 16.5. The average molecular weight is 473 g/mol. The molecule has 1 heterocycles. The summed E-state index contributed by atoms with van der Waals surface area (Å²) in [6, 6.07) is 24.3. The van der Waals surface area contributed by atoms with Crippen LogP contribution >= 0.6 is 11.8 Å². The van der Waals surface area contributed by atoms with Crippen LogP contribution in [-0.2, 0) is 16.0 Å². The Bertz CT molecular complexity index is 1220. The molecule has 3 aromatic rings. The molecule has 0 aliphatic carbocycles. The third-order valence-corrected chi connectivity index (χ3v) is 6.21. The molecule has 34 heavy (non-hydrogen) atoms. The van der Waals surface area contributed by atoms with Crippen LogP contribution in [-0.4, -0.2) is 35.1 Å². The molecule has 1 aliphatic heterocycles. The first-order valence-electron chi connectivity index (χ1n) is 10.9. The van der Waals surface area contributed by atoms with Gasteiger partial charge in [0.25, 0.3) is 17.1 Å². The lowest BCUT2D eigenvalue weighted by molar-refractivity contribution is -0.122. The summed E-state index contributed by atoms with van der Waals surface area (Å²) in [7, 11) is 0. The Balaban J connectivity index is 1.31. The topological polar surface area (TPSA) is 75.7 Å². The third-order valence-electron chi connectivity index (χ3n) is 5.31. The van der Waals surface area contributed by atoms with E-state index in [1.807, 2.05) is 61.5 Å². The molecule has 3 amide bonds. The number of anilines is 1. The molecule has 1 fully saturated rings. The lowest BCUT2D eigenvalue weighted by atomic mass is 10.1. The molecule has 0 atom stereocenters. The van der Waals surface area contributed by atoms with Crippen LogP contribution in [0.15, 0.2) is 83.8 Å². The SMILES string of the molecule is Cc1ccccc1NC(=O)COc1ccc(/C=C2\SC(=O)N(CCc3ccccc3)C2=O)cc1. The summed E-state index contributed by atoms with van der Waals surface area (Å²) in [6.07, 6.45) is 2.32. The largest absolute Gasteiger partial charge is 0.484 e. The molecule has 3 aromatic carbocycles. The number of carbonyl (C=O) groups is 3. The van der Waals surface area contributed by atoms with Crippen molar-refractivity contribution in [3.8, 4) is 5.75 Å². The Hall–Kier alpha value is -3.84. The Labute approximate surface area is 202 Å². The Morgan fingerprint density at radius 2 is 1.68 bits per heavy atom. The van der Waals surface area contributed by atoms with E-state index in [2.05, 4.69) is 5.32 Å². The Kier molecular flexibility index (Phi) is 7.44. The van der Waals surface area contributed by atoms with Gasteiger partial charge >= 0.3 is 0 Å². The van der Waals surface area contributed by atoms with Crippen LogP contribution in [0.3, 0.4) is 0 Å².